The van der Waals surface area contributed by atoms with Crippen molar-refractivity contribution in [3.05, 3.63) is 30.1 Å². The topological polar surface area (TPSA) is 43.2 Å². The average Bonchev–Trinajstić information content (AvgIpc) is 2.98. The summed E-state index contributed by atoms with van der Waals surface area (Å²) in [6.45, 7) is 7.37. The van der Waals surface area contributed by atoms with Gasteiger partial charge in [0.25, 0.3) is 0 Å². The van der Waals surface area contributed by atoms with Crippen LogP contribution in [0.25, 0.3) is 11.4 Å². The minimum Gasteiger partial charge on any atom is -0.379 e. The van der Waals surface area contributed by atoms with Crippen LogP contribution in [0.3, 0.4) is 0 Å². The number of morpholine rings is 1. The van der Waals surface area contributed by atoms with Crippen LogP contribution in [-0.2, 0) is 11.3 Å². The number of aromatic nitrogens is 3. The van der Waals surface area contributed by atoms with Gasteiger partial charge in [-0.1, -0.05) is 18.7 Å². The van der Waals surface area contributed by atoms with Crippen LogP contribution < -0.4 is 0 Å². The summed E-state index contributed by atoms with van der Waals surface area (Å²) in [5.41, 5.74) is 0.892. The Bertz CT molecular complexity index is 626. The Morgan fingerprint density at radius 1 is 1.13 bits per heavy atom. The molecule has 0 unspecified atom stereocenters. The molecule has 1 saturated heterocycles. The highest BCUT2D eigenvalue weighted by Crippen LogP contribution is 2.24. The van der Waals surface area contributed by atoms with Gasteiger partial charge in [0.15, 0.2) is 11.0 Å². The van der Waals surface area contributed by atoms with Gasteiger partial charge in [-0.15, -0.1) is 10.2 Å². The number of rotatable bonds is 6. The second kappa shape index (κ2) is 7.90. The van der Waals surface area contributed by atoms with E-state index >= 15 is 0 Å². The quantitative estimate of drug-likeness (QED) is 0.759. The van der Waals surface area contributed by atoms with Crippen molar-refractivity contribution in [2.75, 3.05) is 38.6 Å². The Kier molecular flexibility index (Phi) is 5.64. The summed E-state index contributed by atoms with van der Waals surface area (Å²) in [6.07, 6.45) is 0. The third kappa shape index (κ3) is 4.10. The number of hydrogen-bond acceptors (Lipinski definition) is 5. The van der Waals surface area contributed by atoms with E-state index in [-0.39, 0.29) is 5.82 Å². The van der Waals surface area contributed by atoms with Gasteiger partial charge in [0.1, 0.15) is 5.82 Å². The van der Waals surface area contributed by atoms with E-state index in [1.54, 1.807) is 23.9 Å². The zero-order valence-corrected chi connectivity index (χ0v) is 14.1. The van der Waals surface area contributed by atoms with Gasteiger partial charge in [-0.05, 0) is 30.0 Å². The first-order valence-corrected chi connectivity index (χ1v) is 8.88. The van der Waals surface area contributed by atoms with Crippen molar-refractivity contribution in [3.63, 3.8) is 0 Å². The van der Waals surface area contributed by atoms with Gasteiger partial charge in [0.2, 0.25) is 0 Å². The molecule has 2 aromatic rings. The van der Waals surface area contributed by atoms with Crippen molar-refractivity contribution in [2.24, 2.45) is 0 Å². The highest BCUT2D eigenvalue weighted by Gasteiger charge is 2.16. The summed E-state index contributed by atoms with van der Waals surface area (Å²) in [6, 6.07) is 6.43. The van der Waals surface area contributed by atoms with Crippen LogP contribution in [0.5, 0.6) is 0 Å². The van der Waals surface area contributed by atoms with Crippen LogP contribution in [0.2, 0.25) is 0 Å². The number of ether oxygens (including phenoxy) is 1. The summed E-state index contributed by atoms with van der Waals surface area (Å²) >= 11 is 1.68. The molecule has 1 aliphatic heterocycles. The van der Waals surface area contributed by atoms with Crippen LogP contribution in [0.15, 0.2) is 29.4 Å². The zero-order chi connectivity index (χ0) is 16.1. The lowest BCUT2D eigenvalue weighted by Gasteiger charge is -2.27. The van der Waals surface area contributed by atoms with Gasteiger partial charge >= 0.3 is 0 Å². The Hall–Kier alpha value is -1.44. The third-order valence-corrected chi connectivity index (χ3v) is 4.69. The van der Waals surface area contributed by atoms with Gasteiger partial charge in [-0.2, -0.15) is 0 Å². The Labute approximate surface area is 139 Å². The minimum absolute atomic E-state index is 0.240. The first kappa shape index (κ1) is 16.4. The van der Waals surface area contributed by atoms with E-state index in [1.165, 1.54) is 12.1 Å². The molecule has 1 aromatic carbocycles. The predicted octanol–water partition coefficient (Wildman–Crippen LogP) is 2.53. The first-order valence-electron chi connectivity index (χ1n) is 7.90. The summed E-state index contributed by atoms with van der Waals surface area (Å²) in [5, 5.41) is 9.55. The maximum atomic E-state index is 13.2. The van der Waals surface area contributed by atoms with Gasteiger partial charge in [0, 0.05) is 31.7 Å². The van der Waals surface area contributed by atoms with E-state index in [0.29, 0.717) is 0 Å². The molecule has 5 nitrogen and oxygen atoms in total. The Morgan fingerprint density at radius 2 is 1.87 bits per heavy atom. The molecule has 0 radical (unpaired) electrons. The number of halogens is 1. The molecular weight excluding hydrogens is 315 g/mol. The molecule has 0 bridgehead atoms. The van der Waals surface area contributed by atoms with Crippen molar-refractivity contribution < 1.29 is 9.13 Å². The fourth-order valence-electron chi connectivity index (χ4n) is 2.60. The molecule has 0 atom stereocenters. The van der Waals surface area contributed by atoms with Crippen molar-refractivity contribution >= 4 is 11.8 Å². The molecule has 2 heterocycles. The van der Waals surface area contributed by atoms with E-state index in [9.17, 15) is 4.39 Å². The van der Waals surface area contributed by atoms with E-state index in [1.807, 2.05) is 0 Å². The minimum atomic E-state index is -0.240. The molecule has 23 heavy (non-hydrogen) atoms. The van der Waals surface area contributed by atoms with Crippen LogP contribution >= 0.6 is 11.8 Å². The van der Waals surface area contributed by atoms with E-state index in [4.69, 9.17) is 4.74 Å². The number of thioether (sulfide) groups is 1. The van der Waals surface area contributed by atoms with Crippen LogP contribution in [0.4, 0.5) is 4.39 Å². The lowest BCUT2D eigenvalue weighted by molar-refractivity contribution is 0.0361. The maximum Gasteiger partial charge on any atom is 0.191 e. The van der Waals surface area contributed by atoms with E-state index in [0.717, 1.165) is 61.7 Å². The van der Waals surface area contributed by atoms with Crippen molar-refractivity contribution in [1.29, 1.82) is 0 Å². The molecule has 1 aromatic heterocycles. The molecule has 1 aliphatic rings. The van der Waals surface area contributed by atoms with Gasteiger partial charge in [-0.3, -0.25) is 4.90 Å². The highest BCUT2D eigenvalue weighted by molar-refractivity contribution is 7.99. The fourth-order valence-corrected chi connectivity index (χ4v) is 3.30. The standard InChI is InChI=1S/C16H21FN4OS/c1-2-23-16-19-18-15(13-3-5-14(17)6-4-13)21(16)8-7-20-9-11-22-12-10-20/h3-6H,2,7-12H2,1H3. The normalized spacial score (nSPS) is 15.9. The first-order chi connectivity index (χ1) is 11.3. The molecule has 0 saturated carbocycles. The summed E-state index contributed by atoms with van der Waals surface area (Å²) in [7, 11) is 0. The van der Waals surface area contributed by atoms with Gasteiger partial charge < -0.3 is 9.30 Å². The summed E-state index contributed by atoms with van der Waals surface area (Å²) < 4.78 is 20.7. The lowest BCUT2D eigenvalue weighted by atomic mass is 10.2. The fraction of sp³-hybridized carbons (Fsp3) is 0.500. The largest absolute Gasteiger partial charge is 0.379 e. The second-order valence-corrected chi connectivity index (χ2v) is 6.58. The SMILES string of the molecule is CCSc1nnc(-c2ccc(F)cc2)n1CCN1CCOCC1. The van der Waals surface area contributed by atoms with Gasteiger partial charge in [0.05, 0.1) is 13.2 Å². The van der Waals surface area contributed by atoms with Crippen molar-refractivity contribution in [3.8, 4) is 11.4 Å². The zero-order valence-electron chi connectivity index (χ0n) is 13.2. The molecule has 3 rings (SSSR count). The van der Waals surface area contributed by atoms with Crippen LogP contribution in [0, 0.1) is 5.82 Å². The number of benzene rings is 1. The molecule has 0 aliphatic carbocycles. The summed E-state index contributed by atoms with van der Waals surface area (Å²) in [4.78, 5) is 2.39. The monoisotopic (exact) mass is 336 g/mol. The smallest absolute Gasteiger partial charge is 0.191 e. The molecular formula is C16H21FN4OS. The number of hydrogen-bond donors (Lipinski definition) is 0. The average molecular weight is 336 g/mol. The predicted molar refractivity (Wildman–Crippen MR) is 89.1 cm³/mol. The van der Waals surface area contributed by atoms with Crippen LogP contribution in [0.1, 0.15) is 6.92 Å². The van der Waals surface area contributed by atoms with E-state index < -0.39 is 0 Å². The Morgan fingerprint density at radius 3 is 2.57 bits per heavy atom. The lowest BCUT2D eigenvalue weighted by Crippen LogP contribution is -2.38. The molecule has 1 fully saturated rings. The highest BCUT2D eigenvalue weighted by atomic mass is 32.2. The van der Waals surface area contributed by atoms with Crippen LogP contribution in [-0.4, -0.2) is 58.3 Å². The van der Waals surface area contributed by atoms with Crippen molar-refractivity contribution in [2.45, 2.75) is 18.6 Å². The summed E-state index contributed by atoms with van der Waals surface area (Å²) in [5.74, 6) is 1.50. The van der Waals surface area contributed by atoms with E-state index in [2.05, 4.69) is 26.6 Å². The maximum absolute atomic E-state index is 13.2. The second-order valence-electron chi connectivity index (χ2n) is 5.35. The molecule has 124 valence electrons. The number of nitrogens with zero attached hydrogens (tertiary/aromatic N) is 4. The molecule has 0 amide bonds. The van der Waals surface area contributed by atoms with Crippen molar-refractivity contribution in [1.82, 2.24) is 19.7 Å². The third-order valence-electron chi connectivity index (χ3n) is 3.84. The Balaban J connectivity index is 1.80. The molecule has 7 heteroatoms. The van der Waals surface area contributed by atoms with Gasteiger partial charge in [-0.25, -0.2) is 4.39 Å². The molecule has 0 spiro atoms. The molecule has 0 N–H and O–H groups in total.